The third-order valence-corrected chi connectivity index (χ3v) is 9.00. The number of aliphatic hydroxyl groups excluding tert-OH is 1. The summed E-state index contributed by atoms with van der Waals surface area (Å²) < 4.78 is 18.6. The van der Waals surface area contributed by atoms with Gasteiger partial charge in [0.05, 0.1) is 40.1 Å². The molecular weight excluding hydrogens is 564 g/mol. The number of aromatic carboxylic acids is 1. The minimum absolute atomic E-state index is 0.148. The Bertz CT molecular complexity index is 1490. The first-order chi connectivity index (χ1) is 19.8. The number of hydrogen-bond donors (Lipinski definition) is 2. The number of carboxylic acid groups (broad SMARTS) is 1. The Hall–Kier alpha value is -2.82. The molecule has 1 aliphatic rings. The largest absolute Gasteiger partial charge is 0.478 e. The first-order valence-corrected chi connectivity index (χ1v) is 15.2. The van der Waals surface area contributed by atoms with Gasteiger partial charge in [0.2, 0.25) is 0 Å². The SMILES string of the molecule is CCCC(CC(COC)C(O)c1nc2ccc(C(=O)O)cc2s1)OCc1c(-c2c(C)cccc2Cl)noc1C1CC1. The summed E-state index contributed by atoms with van der Waals surface area (Å²) in [7, 11) is 1.62. The quantitative estimate of drug-likeness (QED) is 0.153. The standard InChI is InChI=1S/C31H35ClN2O6S/c1-4-6-21(13-20(15-38-3)28(35)30-33-24-12-11-19(31(36)37)14-25(24)41-30)39-16-22-27(34-40-29(22)18-9-10-18)26-17(2)7-5-8-23(26)32/h5,7-8,11-12,14,18,20-21,28,35H,4,6,9-10,13,15-16H2,1-3H3,(H,36,37). The number of carbonyl (C=O) groups is 1. The molecule has 218 valence electrons. The predicted octanol–water partition coefficient (Wildman–Crippen LogP) is 7.56. The molecule has 2 aromatic carbocycles. The number of aryl methyl sites for hydroxylation is 1. The zero-order chi connectivity index (χ0) is 29.1. The van der Waals surface area contributed by atoms with Crippen molar-refractivity contribution >= 4 is 39.1 Å². The molecule has 2 heterocycles. The van der Waals surface area contributed by atoms with Crippen LogP contribution in [0, 0.1) is 12.8 Å². The minimum Gasteiger partial charge on any atom is -0.478 e. The molecule has 4 aromatic rings. The zero-order valence-electron chi connectivity index (χ0n) is 23.4. The third-order valence-electron chi connectivity index (χ3n) is 7.60. The van der Waals surface area contributed by atoms with Crippen LogP contribution in [0.25, 0.3) is 21.5 Å². The van der Waals surface area contributed by atoms with Gasteiger partial charge in [-0.15, -0.1) is 11.3 Å². The molecular formula is C31H35ClN2O6S. The van der Waals surface area contributed by atoms with Crippen LogP contribution in [0.5, 0.6) is 0 Å². The summed E-state index contributed by atoms with van der Waals surface area (Å²) in [6, 6.07) is 10.6. The van der Waals surface area contributed by atoms with Crippen molar-refractivity contribution in [3.05, 3.63) is 68.9 Å². The predicted molar refractivity (Wildman–Crippen MR) is 159 cm³/mol. The van der Waals surface area contributed by atoms with Crippen LogP contribution in [-0.4, -0.2) is 46.1 Å². The molecule has 5 rings (SSSR count). The molecule has 1 fully saturated rings. The first-order valence-electron chi connectivity index (χ1n) is 14.0. The van der Waals surface area contributed by atoms with Crippen LogP contribution < -0.4 is 0 Å². The van der Waals surface area contributed by atoms with Crippen LogP contribution >= 0.6 is 22.9 Å². The summed E-state index contributed by atoms with van der Waals surface area (Å²) in [5.41, 5.74) is 4.41. The van der Waals surface area contributed by atoms with Gasteiger partial charge in [0.15, 0.2) is 0 Å². The van der Waals surface area contributed by atoms with E-state index in [1.165, 1.54) is 17.4 Å². The maximum atomic E-state index is 11.4. The van der Waals surface area contributed by atoms with Gasteiger partial charge >= 0.3 is 5.97 Å². The highest BCUT2D eigenvalue weighted by Gasteiger charge is 2.34. The molecule has 0 aliphatic heterocycles. The number of halogens is 1. The third kappa shape index (κ3) is 6.65. The fraction of sp³-hybridized carbons (Fsp3) is 0.452. The monoisotopic (exact) mass is 598 g/mol. The molecule has 8 nitrogen and oxygen atoms in total. The second kappa shape index (κ2) is 13.0. The number of ether oxygens (including phenoxy) is 2. The molecule has 10 heteroatoms. The number of nitrogens with zero attached hydrogens (tertiary/aromatic N) is 2. The van der Waals surface area contributed by atoms with E-state index in [4.69, 9.17) is 25.6 Å². The number of hydrogen-bond acceptors (Lipinski definition) is 8. The van der Waals surface area contributed by atoms with Crippen LogP contribution in [0.15, 0.2) is 40.9 Å². The minimum atomic E-state index is -0.996. The van der Waals surface area contributed by atoms with Gasteiger partial charge in [0.1, 0.15) is 22.6 Å². The van der Waals surface area contributed by atoms with Gasteiger partial charge in [-0.05, 0) is 62.4 Å². The lowest BCUT2D eigenvalue weighted by Crippen LogP contribution is -2.25. The molecule has 2 aromatic heterocycles. The zero-order valence-corrected chi connectivity index (χ0v) is 25.0. The van der Waals surface area contributed by atoms with Crippen molar-refractivity contribution in [3.8, 4) is 11.3 Å². The lowest BCUT2D eigenvalue weighted by atomic mass is 9.94. The van der Waals surface area contributed by atoms with E-state index in [9.17, 15) is 15.0 Å². The molecule has 0 radical (unpaired) electrons. The molecule has 2 N–H and O–H groups in total. The molecule has 41 heavy (non-hydrogen) atoms. The number of benzene rings is 2. The van der Waals surface area contributed by atoms with Crippen LogP contribution in [0.3, 0.4) is 0 Å². The number of thiazole rings is 1. The van der Waals surface area contributed by atoms with Gasteiger partial charge < -0.3 is 24.2 Å². The van der Waals surface area contributed by atoms with E-state index in [-0.39, 0.29) is 17.6 Å². The van der Waals surface area contributed by atoms with Crippen LogP contribution in [0.2, 0.25) is 5.02 Å². The van der Waals surface area contributed by atoms with Crippen LogP contribution in [0.4, 0.5) is 0 Å². The number of aliphatic hydroxyl groups is 1. The Morgan fingerprint density at radius 1 is 1.27 bits per heavy atom. The normalized spacial score (nSPS) is 15.7. The van der Waals surface area contributed by atoms with Gasteiger partial charge in [-0.25, -0.2) is 9.78 Å². The second-order valence-corrected chi connectivity index (χ2v) is 12.2. The van der Waals surface area contributed by atoms with E-state index in [1.807, 2.05) is 25.1 Å². The van der Waals surface area contributed by atoms with Crippen LogP contribution in [0.1, 0.15) is 83.3 Å². The highest BCUT2D eigenvalue weighted by Crippen LogP contribution is 2.45. The molecule has 3 unspecified atom stereocenters. The highest BCUT2D eigenvalue weighted by atomic mass is 35.5. The van der Waals surface area contributed by atoms with Crippen LogP contribution in [-0.2, 0) is 16.1 Å². The maximum Gasteiger partial charge on any atom is 0.335 e. The summed E-state index contributed by atoms with van der Waals surface area (Å²) in [4.78, 5) is 16.0. The first kappa shape index (κ1) is 29.7. The molecule has 0 bridgehead atoms. The van der Waals surface area contributed by atoms with E-state index >= 15 is 0 Å². The van der Waals surface area contributed by atoms with Gasteiger partial charge in [-0.1, -0.05) is 42.2 Å². The number of rotatable bonds is 14. The number of methoxy groups -OCH3 is 1. The fourth-order valence-electron chi connectivity index (χ4n) is 5.29. The van der Waals surface area contributed by atoms with E-state index in [2.05, 4.69) is 17.1 Å². The van der Waals surface area contributed by atoms with E-state index in [0.717, 1.165) is 58.5 Å². The van der Waals surface area contributed by atoms with E-state index in [0.29, 0.717) is 41.1 Å². The van der Waals surface area contributed by atoms with Crippen molar-refractivity contribution in [1.82, 2.24) is 10.1 Å². The van der Waals surface area contributed by atoms with E-state index < -0.39 is 12.1 Å². The van der Waals surface area contributed by atoms with Crippen molar-refractivity contribution in [1.29, 1.82) is 0 Å². The van der Waals surface area contributed by atoms with Crippen molar-refractivity contribution in [2.75, 3.05) is 13.7 Å². The molecule has 3 atom stereocenters. The summed E-state index contributed by atoms with van der Waals surface area (Å²) in [5, 5.41) is 26.3. The number of fused-ring (bicyclic) bond motifs is 1. The Kier molecular flexibility index (Phi) is 9.41. The van der Waals surface area contributed by atoms with Crippen molar-refractivity contribution in [3.63, 3.8) is 0 Å². The highest BCUT2D eigenvalue weighted by molar-refractivity contribution is 7.18. The van der Waals surface area contributed by atoms with Crippen molar-refractivity contribution in [2.45, 2.75) is 70.7 Å². The Morgan fingerprint density at radius 2 is 2.07 bits per heavy atom. The van der Waals surface area contributed by atoms with Gasteiger partial charge in [-0.2, -0.15) is 0 Å². The average molecular weight is 599 g/mol. The molecule has 0 spiro atoms. The Balaban J connectivity index is 1.36. The molecule has 0 saturated heterocycles. The van der Waals surface area contributed by atoms with E-state index in [1.54, 1.807) is 19.2 Å². The van der Waals surface area contributed by atoms with Crippen molar-refractivity contribution in [2.24, 2.45) is 5.92 Å². The molecule has 1 saturated carbocycles. The smallest absolute Gasteiger partial charge is 0.335 e. The summed E-state index contributed by atoms with van der Waals surface area (Å²) in [6.45, 7) is 4.78. The fourth-order valence-corrected chi connectivity index (χ4v) is 6.69. The van der Waals surface area contributed by atoms with Gasteiger partial charge in [0, 0.05) is 30.1 Å². The number of aromatic nitrogens is 2. The average Bonchev–Trinajstić information content (AvgIpc) is 3.56. The number of carboxylic acids is 1. The maximum absolute atomic E-state index is 11.4. The summed E-state index contributed by atoms with van der Waals surface area (Å²) in [5.74, 6) is -0.0410. The second-order valence-electron chi connectivity index (χ2n) is 10.7. The lowest BCUT2D eigenvalue weighted by Gasteiger charge is -2.26. The van der Waals surface area contributed by atoms with Gasteiger partial charge in [-0.3, -0.25) is 0 Å². The molecule has 0 amide bonds. The Labute approximate surface area is 248 Å². The summed E-state index contributed by atoms with van der Waals surface area (Å²) >= 11 is 7.91. The lowest BCUT2D eigenvalue weighted by molar-refractivity contribution is -0.0231. The Morgan fingerprint density at radius 3 is 2.76 bits per heavy atom. The van der Waals surface area contributed by atoms with Gasteiger partial charge in [0.25, 0.3) is 0 Å². The van der Waals surface area contributed by atoms with Crippen molar-refractivity contribution < 1.29 is 29.0 Å². The molecule has 1 aliphatic carbocycles. The summed E-state index contributed by atoms with van der Waals surface area (Å²) in [6.07, 6.45) is 3.38. The topological polar surface area (TPSA) is 115 Å².